The second kappa shape index (κ2) is 19.6. The fourth-order valence-corrected chi connectivity index (χ4v) is 6.77. The zero-order valence-electron chi connectivity index (χ0n) is 32.4. The summed E-state index contributed by atoms with van der Waals surface area (Å²) in [4.78, 5) is 23.0. The van der Waals surface area contributed by atoms with E-state index in [1.807, 2.05) is 27.7 Å². The number of ether oxygens (including phenoxy) is 2. The molecule has 0 radical (unpaired) electrons. The van der Waals surface area contributed by atoms with Crippen LogP contribution >= 0.6 is 0 Å². The van der Waals surface area contributed by atoms with Crippen LogP contribution in [0.15, 0.2) is 21.2 Å². The van der Waals surface area contributed by atoms with Gasteiger partial charge in [0, 0.05) is 50.0 Å². The van der Waals surface area contributed by atoms with Crippen molar-refractivity contribution < 1.29 is 76.4 Å². The molecule has 15 nitrogen and oxygen atoms in total. The topological polar surface area (TPSA) is 231 Å². The lowest BCUT2D eigenvalue weighted by molar-refractivity contribution is -0.139. The molecule has 0 atom stereocenters. The third kappa shape index (κ3) is 16.7. The molecule has 0 spiro atoms. The van der Waals surface area contributed by atoms with Crippen molar-refractivity contribution in [2.45, 2.75) is 114 Å². The second-order valence-corrected chi connectivity index (χ2v) is 20.0. The summed E-state index contributed by atoms with van der Waals surface area (Å²) < 4.78 is 135. The van der Waals surface area contributed by atoms with Gasteiger partial charge >= 0.3 is 18.3 Å². The number of nitrogens with one attached hydrogen (secondary N) is 1. The van der Waals surface area contributed by atoms with Crippen molar-refractivity contribution in [2.75, 3.05) is 50.0 Å². The van der Waals surface area contributed by atoms with E-state index in [2.05, 4.69) is 15.6 Å². The first-order valence-corrected chi connectivity index (χ1v) is 19.7. The van der Waals surface area contributed by atoms with Gasteiger partial charge in [-0.3, -0.25) is 14.9 Å². The maximum Gasteiger partial charge on any atom is 0.389 e. The molecule has 320 valence electrons. The monoisotopic (exact) mass is 846 g/mol. The summed E-state index contributed by atoms with van der Waals surface area (Å²) in [7, 11) is -5.02. The molecule has 0 aliphatic rings. The Balaban J connectivity index is 0.000000879. The van der Waals surface area contributed by atoms with Gasteiger partial charge in [-0.05, 0) is 40.5 Å². The van der Waals surface area contributed by atoms with Crippen LogP contribution in [0.1, 0.15) is 92.5 Å². The Hall–Kier alpha value is -3.44. The fraction of sp³-hybridized carbons (Fsp3) is 0.750. The number of rotatable bonds is 17. The quantitative estimate of drug-likeness (QED) is 0.158. The normalized spacial score (nSPS) is 13.3. The molecule has 2 aromatic rings. The van der Waals surface area contributed by atoms with E-state index in [0.29, 0.717) is 24.8 Å². The van der Waals surface area contributed by atoms with Crippen LogP contribution in [0.25, 0.3) is 0 Å². The standard InChI is InChI=1S/C16H25F3N2O5S.C8H13F3O4S.C8H14N2O2/c1-14(2,10-25-5)11-9-12(26-21-11)20-13(22)15(3,4)27(23,24)8-6-7-16(17,18)19;1-7(2,6(12)13)16(14,15)5-3-4-8(9,10)11;1-8(2,5-11-3)6-4-7(9)12-10-6/h9H,6-8,10H2,1-5H3,(H,20,22);3-5H2,1-2H3,(H,12,13);4H,5,9H2,1-3H3. The Morgan fingerprint density at radius 3 is 1.45 bits per heavy atom. The number of nitrogen functional groups attached to an aromatic ring is 1. The molecule has 2 heterocycles. The van der Waals surface area contributed by atoms with Crippen molar-refractivity contribution in [3.63, 3.8) is 0 Å². The fourth-order valence-electron chi connectivity index (χ4n) is 4.10. The number of carbonyl (C=O) groups is 2. The second-order valence-electron chi connectivity index (χ2n) is 14.7. The van der Waals surface area contributed by atoms with Gasteiger partial charge in [-0.2, -0.15) is 26.3 Å². The highest BCUT2D eigenvalue weighted by Gasteiger charge is 2.43. The zero-order valence-corrected chi connectivity index (χ0v) is 34.0. The minimum Gasteiger partial charge on any atom is -0.480 e. The lowest BCUT2D eigenvalue weighted by Crippen LogP contribution is -2.45. The van der Waals surface area contributed by atoms with Gasteiger partial charge in [0.15, 0.2) is 24.4 Å². The van der Waals surface area contributed by atoms with E-state index in [1.54, 1.807) is 13.2 Å². The van der Waals surface area contributed by atoms with Gasteiger partial charge in [0.1, 0.15) is 4.75 Å². The molecule has 0 aliphatic heterocycles. The summed E-state index contributed by atoms with van der Waals surface area (Å²) >= 11 is 0. The number of aromatic nitrogens is 2. The first kappa shape index (κ1) is 51.6. The van der Waals surface area contributed by atoms with Crippen molar-refractivity contribution in [1.29, 1.82) is 0 Å². The number of hydrogen-bond donors (Lipinski definition) is 3. The molecule has 55 heavy (non-hydrogen) atoms. The smallest absolute Gasteiger partial charge is 0.389 e. The Kier molecular flexibility index (Phi) is 18.4. The lowest BCUT2D eigenvalue weighted by Gasteiger charge is -2.23. The Bertz CT molecular complexity index is 1750. The zero-order chi connectivity index (χ0) is 43.5. The number of halogens is 6. The number of nitrogens with zero attached hydrogens (tertiary/aromatic N) is 2. The number of nitrogens with two attached hydrogens (primary N) is 1. The van der Waals surface area contributed by atoms with E-state index in [-0.39, 0.29) is 11.3 Å². The van der Waals surface area contributed by atoms with Gasteiger partial charge in [-0.1, -0.05) is 38.0 Å². The van der Waals surface area contributed by atoms with E-state index in [9.17, 15) is 52.8 Å². The van der Waals surface area contributed by atoms with E-state index < -0.39 is 96.0 Å². The SMILES string of the molecule is CC(C)(C(=O)O)S(=O)(=O)CCCC(F)(F)F.COCC(C)(C)c1cc(N)on1.COCC(C)(C)c1cc(NC(=O)C(C)(C)S(=O)(=O)CCCC(F)(F)F)on1. The van der Waals surface area contributed by atoms with Crippen LogP contribution < -0.4 is 11.1 Å². The van der Waals surface area contributed by atoms with Gasteiger partial charge in [0.05, 0.1) is 36.1 Å². The number of methoxy groups -OCH3 is 2. The molecule has 0 aromatic carbocycles. The molecule has 23 heteroatoms. The van der Waals surface area contributed by atoms with Crippen LogP contribution in [0.4, 0.5) is 38.1 Å². The van der Waals surface area contributed by atoms with Crippen LogP contribution in [0.2, 0.25) is 0 Å². The Morgan fingerprint density at radius 2 is 1.11 bits per heavy atom. The minimum absolute atomic E-state index is 0.0576. The van der Waals surface area contributed by atoms with Crippen LogP contribution in [0.5, 0.6) is 0 Å². The van der Waals surface area contributed by atoms with E-state index in [1.165, 1.54) is 13.2 Å². The van der Waals surface area contributed by atoms with Gasteiger partial charge in [0.25, 0.3) is 0 Å². The van der Waals surface area contributed by atoms with Crippen molar-refractivity contribution in [1.82, 2.24) is 10.3 Å². The Labute approximate surface area is 316 Å². The molecule has 0 unspecified atom stereocenters. The molecule has 4 N–H and O–H groups in total. The summed E-state index contributed by atoms with van der Waals surface area (Å²) in [6.45, 7) is 12.8. The number of aliphatic carboxylic acids is 1. The van der Waals surface area contributed by atoms with E-state index in [0.717, 1.165) is 33.4 Å². The number of carboxylic acid groups (broad SMARTS) is 1. The van der Waals surface area contributed by atoms with Gasteiger partial charge in [0.2, 0.25) is 17.7 Å². The molecule has 2 aromatic heterocycles. The molecule has 1 amide bonds. The highest BCUT2D eigenvalue weighted by molar-refractivity contribution is 7.93. The predicted octanol–water partition coefficient (Wildman–Crippen LogP) is 5.86. The lowest BCUT2D eigenvalue weighted by atomic mass is 9.90. The van der Waals surface area contributed by atoms with Crippen LogP contribution in [-0.4, -0.2) is 105 Å². The first-order chi connectivity index (χ1) is 24.6. The number of alkyl halides is 6. The van der Waals surface area contributed by atoms with Crippen LogP contribution in [-0.2, 0) is 49.6 Å². The third-order valence-corrected chi connectivity index (χ3v) is 13.2. The summed E-state index contributed by atoms with van der Waals surface area (Å²) in [5.41, 5.74) is 6.07. The van der Waals surface area contributed by atoms with E-state index >= 15 is 0 Å². The van der Waals surface area contributed by atoms with Gasteiger partial charge in [-0.15, -0.1) is 0 Å². The number of hydrogen-bond acceptors (Lipinski definition) is 13. The summed E-state index contributed by atoms with van der Waals surface area (Å²) in [5, 5.41) is 18.6. The van der Waals surface area contributed by atoms with Gasteiger partial charge < -0.3 is 29.4 Å². The molecule has 0 saturated carbocycles. The minimum atomic E-state index is -4.45. The van der Waals surface area contributed by atoms with Crippen LogP contribution in [0, 0.1) is 0 Å². The molecular weight excluding hydrogens is 794 g/mol. The van der Waals surface area contributed by atoms with Crippen molar-refractivity contribution in [3.8, 4) is 0 Å². The maximum absolute atomic E-state index is 12.4. The van der Waals surface area contributed by atoms with E-state index in [4.69, 9.17) is 29.4 Å². The third-order valence-electron chi connectivity index (χ3n) is 8.04. The highest BCUT2D eigenvalue weighted by atomic mass is 32.2. The molecular formula is C32H52F6N4O11S2. The average Bonchev–Trinajstić information content (AvgIpc) is 3.66. The number of carbonyl (C=O) groups excluding carboxylic acids is 1. The molecule has 0 bridgehead atoms. The highest BCUT2D eigenvalue weighted by Crippen LogP contribution is 2.29. The summed E-state index contributed by atoms with van der Waals surface area (Å²) in [6.07, 6.45) is -12.6. The summed E-state index contributed by atoms with van der Waals surface area (Å²) in [5.74, 6) is -3.74. The van der Waals surface area contributed by atoms with Crippen LogP contribution in [0.3, 0.4) is 0 Å². The van der Waals surface area contributed by atoms with Gasteiger partial charge in [-0.25, -0.2) is 16.8 Å². The molecule has 0 fully saturated rings. The molecule has 2 rings (SSSR count). The number of carboxylic acids is 1. The van der Waals surface area contributed by atoms with Crippen molar-refractivity contribution >= 4 is 43.3 Å². The Morgan fingerprint density at radius 1 is 0.727 bits per heavy atom. The summed E-state index contributed by atoms with van der Waals surface area (Å²) in [6, 6.07) is 3.17. The van der Waals surface area contributed by atoms with Crippen molar-refractivity contribution in [3.05, 3.63) is 23.5 Å². The number of sulfone groups is 2. The largest absolute Gasteiger partial charge is 0.480 e. The molecule has 0 aliphatic carbocycles. The average molecular weight is 847 g/mol. The van der Waals surface area contributed by atoms with Crippen molar-refractivity contribution in [2.24, 2.45) is 0 Å². The first-order valence-electron chi connectivity index (χ1n) is 16.4. The number of amides is 1. The predicted molar refractivity (Wildman–Crippen MR) is 190 cm³/mol. The maximum atomic E-state index is 12.4. The molecule has 0 saturated heterocycles. The number of anilines is 2.